The van der Waals surface area contributed by atoms with Gasteiger partial charge in [-0.2, -0.15) is 0 Å². The predicted octanol–water partition coefficient (Wildman–Crippen LogP) is 3.67. The minimum Gasteiger partial charge on any atom is -0.326 e. The first-order valence-corrected chi connectivity index (χ1v) is 10.5. The number of carbonyl (C=O) groups is 3. The molecule has 0 aliphatic carbocycles. The van der Waals surface area contributed by atoms with Crippen LogP contribution in [0.1, 0.15) is 76.1 Å². The summed E-state index contributed by atoms with van der Waals surface area (Å²) in [6.07, 6.45) is 6.15. The Balaban J connectivity index is 2.33. The van der Waals surface area contributed by atoms with Crippen molar-refractivity contribution < 1.29 is 14.4 Å². The van der Waals surface area contributed by atoms with Gasteiger partial charge in [0, 0.05) is 24.1 Å². The Kier molecular flexibility index (Phi) is 11.6. The van der Waals surface area contributed by atoms with E-state index in [9.17, 15) is 14.4 Å². The molecule has 0 saturated carbocycles. The summed E-state index contributed by atoms with van der Waals surface area (Å²) >= 11 is 5.02. The molecule has 4 N–H and O–H groups in total. The van der Waals surface area contributed by atoms with Crippen molar-refractivity contribution in [2.24, 2.45) is 5.92 Å². The lowest BCUT2D eigenvalue weighted by Crippen LogP contribution is -2.48. The van der Waals surface area contributed by atoms with Crippen molar-refractivity contribution in [3.8, 4) is 0 Å². The van der Waals surface area contributed by atoms with Gasteiger partial charge in [0.2, 0.25) is 11.8 Å². The van der Waals surface area contributed by atoms with E-state index in [1.807, 2.05) is 13.8 Å². The largest absolute Gasteiger partial charge is 0.326 e. The van der Waals surface area contributed by atoms with Gasteiger partial charge in [0.1, 0.15) is 0 Å². The van der Waals surface area contributed by atoms with Crippen LogP contribution in [0, 0.1) is 5.92 Å². The lowest BCUT2D eigenvalue weighted by atomic mass is 10.1. The average molecular weight is 421 g/mol. The van der Waals surface area contributed by atoms with Crippen molar-refractivity contribution in [3.05, 3.63) is 29.8 Å². The van der Waals surface area contributed by atoms with Crippen LogP contribution in [0.5, 0.6) is 0 Å². The second kappa shape index (κ2) is 13.7. The molecule has 160 valence electrons. The van der Waals surface area contributed by atoms with E-state index < -0.39 is 5.91 Å². The molecule has 0 saturated heterocycles. The van der Waals surface area contributed by atoms with Crippen LogP contribution in [0.15, 0.2) is 24.3 Å². The topological polar surface area (TPSA) is 99.3 Å². The first-order chi connectivity index (χ1) is 13.8. The van der Waals surface area contributed by atoms with Crippen molar-refractivity contribution in [2.45, 2.75) is 65.7 Å². The highest BCUT2D eigenvalue weighted by Crippen LogP contribution is 2.11. The third-order valence-electron chi connectivity index (χ3n) is 4.07. The third-order valence-corrected chi connectivity index (χ3v) is 4.28. The number of unbranched alkanes of at least 4 members (excludes halogenated alkanes) is 4. The van der Waals surface area contributed by atoms with E-state index in [-0.39, 0.29) is 22.8 Å². The van der Waals surface area contributed by atoms with E-state index >= 15 is 0 Å². The van der Waals surface area contributed by atoms with E-state index in [4.69, 9.17) is 12.2 Å². The lowest BCUT2D eigenvalue weighted by molar-refractivity contribution is -0.120. The normalized spacial score (nSPS) is 10.3. The molecule has 0 spiro atoms. The molecule has 0 bridgehead atoms. The van der Waals surface area contributed by atoms with Crippen LogP contribution < -0.4 is 21.5 Å². The molecule has 29 heavy (non-hydrogen) atoms. The summed E-state index contributed by atoms with van der Waals surface area (Å²) in [7, 11) is 0. The number of nitrogens with one attached hydrogen (secondary N) is 4. The van der Waals surface area contributed by atoms with Crippen LogP contribution in [-0.2, 0) is 9.59 Å². The smallest absolute Gasteiger partial charge is 0.269 e. The SMILES string of the molecule is CCCCCCCC(=O)NC(=S)NNC(=O)c1ccc(NC(=O)CC(C)C)cc1. The summed E-state index contributed by atoms with van der Waals surface area (Å²) in [6.45, 7) is 6.09. The second-order valence-electron chi connectivity index (χ2n) is 7.34. The summed E-state index contributed by atoms with van der Waals surface area (Å²) in [5.74, 6) is -0.363. The van der Waals surface area contributed by atoms with Gasteiger partial charge in [-0.05, 0) is 48.8 Å². The molecule has 0 aliphatic rings. The molecule has 1 rings (SSSR count). The molecule has 8 heteroatoms. The molecule has 0 radical (unpaired) electrons. The van der Waals surface area contributed by atoms with Crippen molar-refractivity contribution >= 4 is 40.7 Å². The summed E-state index contributed by atoms with van der Waals surface area (Å²) < 4.78 is 0. The fourth-order valence-electron chi connectivity index (χ4n) is 2.58. The number of benzene rings is 1. The Morgan fingerprint density at radius 2 is 1.59 bits per heavy atom. The molecule has 7 nitrogen and oxygen atoms in total. The van der Waals surface area contributed by atoms with E-state index in [1.165, 1.54) is 6.42 Å². The van der Waals surface area contributed by atoms with Gasteiger partial charge < -0.3 is 10.6 Å². The van der Waals surface area contributed by atoms with Gasteiger partial charge >= 0.3 is 0 Å². The molecule has 0 aromatic heterocycles. The number of hydrazine groups is 1. The Bertz CT molecular complexity index is 690. The van der Waals surface area contributed by atoms with Crippen LogP contribution in [0.4, 0.5) is 5.69 Å². The van der Waals surface area contributed by atoms with E-state index in [0.29, 0.717) is 24.1 Å². The average Bonchev–Trinajstić information content (AvgIpc) is 2.65. The number of anilines is 1. The minimum absolute atomic E-state index is 0.0504. The zero-order chi connectivity index (χ0) is 21.6. The van der Waals surface area contributed by atoms with Gasteiger partial charge in [-0.15, -0.1) is 0 Å². The quantitative estimate of drug-likeness (QED) is 0.263. The van der Waals surface area contributed by atoms with Gasteiger partial charge in [-0.25, -0.2) is 0 Å². The lowest BCUT2D eigenvalue weighted by Gasteiger charge is -2.11. The molecule has 0 heterocycles. The Morgan fingerprint density at radius 1 is 0.931 bits per heavy atom. The van der Waals surface area contributed by atoms with E-state index in [0.717, 1.165) is 25.7 Å². The second-order valence-corrected chi connectivity index (χ2v) is 7.75. The molecule has 1 aromatic rings. The van der Waals surface area contributed by atoms with Crippen LogP contribution in [-0.4, -0.2) is 22.8 Å². The van der Waals surface area contributed by atoms with Crippen LogP contribution in [0.25, 0.3) is 0 Å². The molecular formula is C21H32N4O3S. The number of hydrogen-bond acceptors (Lipinski definition) is 4. The maximum Gasteiger partial charge on any atom is 0.269 e. The highest BCUT2D eigenvalue weighted by Gasteiger charge is 2.09. The molecule has 0 aliphatic heterocycles. The number of amides is 3. The van der Waals surface area contributed by atoms with Gasteiger partial charge in [-0.1, -0.05) is 46.5 Å². The van der Waals surface area contributed by atoms with Crippen molar-refractivity contribution in [1.82, 2.24) is 16.2 Å². The molecule has 3 amide bonds. The highest BCUT2D eigenvalue weighted by molar-refractivity contribution is 7.80. The highest BCUT2D eigenvalue weighted by atomic mass is 32.1. The molecule has 0 atom stereocenters. The first-order valence-electron chi connectivity index (χ1n) is 10.1. The fourth-order valence-corrected chi connectivity index (χ4v) is 2.75. The summed E-state index contributed by atoms with van der Waals surface area (Å²) in [5, 5.41) is 5.38. The van der Waals surface area contributed by atoms with Gasteiger partial charge in [0.15, 0.2) is 5.11 Å². The zero-order valence-corrected chi connectivity index (χ0v) is 18.3. The van der Waals surface area contributed by atoms with Crippen molar-refractivity contribution in [3.63, 3.8) is 0 Å². The Morgan fingerprint density at radius 3 is 2.21 bits per heavy atom. The van der Waals surface area contributed by atoms with Crippen LogP contribution >= 0.6 is 12.2 Å². The summed E-state index contributed by atoms with van der Waals surface area (Å²) in [6, 6.07) is 6.51. The maximum atomic E-state index is 12.2. The number of thiocarbonyl (C=S) groups is 1. The summed E-state index contributed by atoms with van der Waals surface area (Å²) in [5.41, 5.74) is 5.98. The standard InChI is InChI=1S/C21H32N4O3S/c1-4-5-6-7-8-9-18(26)23-21(29)25-24-20(28)16-10-12-17(13-11-16)22-19(27)14-15(2)3/h10-13,15H,4-9,14H2,1-3H3,(H,22,27)(H,24,28)(H2,23,25,26,29). The van der Waals surface area contributed by atoms with E-state index in [2.05, 4.69) is 28.4 Å². The molecule has 0 unspecified atom stereocenters. The van der Waals surface area contributed by atoms with Crippen LogP contribution in [0.2, 0.25) is 0 Å². The predicted molar refractivity (Wildman–Crippen MR) is 119 cm³/mol. The third kappa shape index (κ3) is 11.2. The van der Waals surface area contributed by atoms with Gasteiger partial charge in [-0.3, -0.25) is 25.2 Å². The monoisotopic (exact) mass is 420 g/mol. The number of carbonyl (C=O) groups excluding carboxylic acids is 3. The summed E-state index contributed by atoms with van der Waals surface area (Å²) in [4.78, 5) is 35.7. The van der Waals surface area contributed by atoms with Crippen molar-refractivity contribution in [1.29, 1.82) is 0 Å². The molecule has 0 fully saturated rings. The zero-order valence-electron chi connectivity index (χ0n) is 17.5. The van der Waals surface area contributed by atoms with Crippen molar-refractivity contribution in [2.75, 3.05) is 5.32 Å². The Hall–Kier alpha value is -2.48. The van der Waals surface area contributed by atoms with Crippen LogP contribution in [0.3, 0.4) is 0 Å². The van der Waals surface area contributed by atoms with Gasteiger partial charge in [0.05, 0.1) is 0 Å². The maximum absolute atomic E-state index is 12.2. The minimum atomic E-state index is -0.402. The number of hydrogen-bond donors (Lipinski definition) is 4. The van der Waals surface area contributed by atoms with E-state index in [1.54, 1.807) is 24.3 Å². The first kappa shape index (κ1) is 24.6. The Labute approximate surface area is 178 Å². The number of rotatable bonds is 10. The molecular weight excluding hydrogens is 388 g/mol. The fraction of sp³-hybridized carbons (Fsp3) is 0.524. The van der Waals surface area contributed by atoms with Gasteiger partial charge in [0.25, 0.3) is 5.91 Å². The molecule has 1 aromatic carbocycles.